The predicted octanol–water partition coefficient (Wildman–Crippen LogP) is 1.42. The van der Waals surface area contributed by atoms with Gasteiger partial charge in [0.15, 0.2) is 0 Å². The Labute approximate surface area is 118 Å². The Kier molecular flexibility index (Phi) is 4.39. The molecular formula is C15H21N3O2. The van der Waals surface area contributed by atoms with Gasteiger partial charge in [-0.25, -0.2) is 0 Å². The van der Waals surface area contributed by atoms with Crippen LogP contribution in [0.25, 0.3) is 0 Å². The van der Waals surface area contributed by atoms with E-state index in [4.69, 9.17) is 5.73 Å². The van der Waals surface area contributed by atoms with Crippen molar-refractivity contribution in [2.24, 2.45) is 11.7 Å². The van der Waals surface area contributed by atoms with Crippen LogP contribution in [-0.4, -0.2) is 24.4 Å². The molecule has 4 N–H and O–H groups in total. The lowest BCUT2D eigenvalue weighted by molar-refractivity contribution is -0.120. The fraction of sp³-hybridized carbons (Fsp3) is 0.467. The number of nitrogens with one attached hydrogen (secondary N) is 2. The molecule has 108 valence electrons. The Balaban J connectivity index is 2.04. The lowest BCUT2D eigenvalue weighted by atomic mass is 9.92. The highest BCUT2D eigenvalue weighted by Crippen LogP contribution is 2.20. The van der Waals surface area contributed by atoms with E-state index < -0.39 is 5.91 Å². The standard InChI is InChI=1S/C15H21N3O2/c1-9-7-12(3-4-13(9)14(16)19)18-15(20)11-5-6-17-10(2)8-11/h3-4,7,10-11,17H,5-6,8H2,1-2H3,(H2,16,19)(H,18,20)/t10-,11-/m0/s1. The summed E-state index contributed by atoms with van der Waals surface area (Å²) in [6.45, 7) is 4.77. The molecule has 5 nitrogen and oxygen atoms in total. The third-order valence-corrected chi connectivity index (χ3v) is 3.75. The van der Waals surface area contributed by atoms with Crippen molar-refractivity contribution in [2.75, 3.05) is 11.9 Å². The van der Waals surface area contributed by atoms with Crippen LogP contribution < -0.4 is 16.4 Å². The molecule has 1 aliphatic heterocycles. The van der Waals surface area contributed by atoms with Crippen molar-refractivity contribution < 1.29 is 9.59 Å². The molecule has 0 aromatic heterocycles. The number of amides is 2. The summed E-state index contributed by atoms with van der Waals surface area (Å²) >= 11 is 0. The molecule has 0 bridgehead atoms. The number of carbonyl (C=O) groups excluding carboxylic acids is 2. The third kappa shape index (κ3) is 3.36. The molecule has 2 atom stereocenters. The molecule has 2 rings (SSSR count). The van der Waals surface area contributed by atoms with Gasteiger partial charge in [-0.05, 0) is 57.0 Å². The van der Waals surface area contributed by atoms with Crippen LogP contribution in [0.4, 0.5) is 5.69 Å². The van der Waals surface area contributed by atoms with E-state index in [9.17, 15) is 9.59 Å². The van der Waals surface area contributed by atoms with E-state index in [-0.39, 0.29) is 11.8 Å². The molecule has 2 amide bonds. The van der Waals surface area contributed by atoms with E-state index >= 15 is 0 Å². The summed E-state index contributed by atoms with van der Waals surface area (Å²) in [5.74, 6) is -0.362. The van der Waals surface area contributed by atoms with Gasteiger partial charge in [-0.15, -0.1) is 0 Å². The Bertz CT molecular complexity index is 528. The number of aryl methyl sites for hydroxylation is 1. The highest BCUT2D eigenvalue weighted by molar-refractivity contribution is 5.96. The van der Waals surface area contributed by atoms with Crippen LogP contribution in [0.5, 0.6) is 0 Å². The van der Waals surface area contributed by atoms with Crippen molar-refractivity contribution in [2.45, 2.75) is 32.7 Å². The van der Waals surface area contributed by atoms with Gasteiger partial charge in [0.1, 0.15) is 0 Å². The molecule has 1 saturated heterocycles. The van der Waals surface area contributed by atoms with Crippen LogP contribution in [0.3, 0.4) is 0 Å². The minimum atomic E-state index is -0.451. The Morgan fingerprint density at radius 1 is 1.40 bits per heavy atom. The second-order valence-electron chi connectivity index (χ2n) is 5.46. The number of anilines is 1. The normalized spacial score (nSPS) is 22.3. The zero-order valence-electron chi connectivity index (χ0n) is 11.9. The van der Waals surface area contributed by atoms with Crippen LogP contribution in [-0.2, 0) is 4.79 Å². The van der Waals surface area contributed by atoms with E-state index in [0.717, 1.165) is 24.9 Å². The van der Waals surface area contributed by atoms with Gasteiger partial charge in [0.05, 0.1) is 0 Å². The fourth-order valence-electron chi connectivity index (χ4n) is 2.63. The molecule has 20 heavy (non-hydrogen) atoms. The van der Waals surface area contributed by atoms with E-state index in [1.54, 1.807) is 18.2 Å². The second kappa shape index (κ2) is 6.05. The van der Waals surface area contributed by atoms with Crippen molar-refractivity contribution in [1.82, 2.24) is 5.32 Å². The maximum absolute atomic E-state index is 12.2. The molecule has 1 aliphatic rings. The van der Waals surface area contributed by atoms with Crippen LogP contribution in [0.2, 0.25) is 0 Å². The Morgan fingerprint density at radius 2 is 2.15 bits per heavy atom. The first-order chi connectivity index (χ1) is 9.47. The van der Waals surface area contributed by atoms with Gasteiger partial charge in [-0.3, -0.25) is 9.59 Å². The number of primary amides is 1. The molecule has 1 fully saturated rings. The maximum atomic E-state index is 12.2. The molecule has 0 aliphatic carbocycles. The van der Waals surface area contributed by atoms with Crippen molar-refractivity contribution in [3.05, 3.63) is 29.3 Å². The predicted molar refractivity (Wildman–Crippen MR) is 78.5 cm³/mol. The molecule has 1 aromatic rings. The van der Waals surface area contributed by atoms with Crippen LogP contribution in [0.15, 0.2) is 18.2 Å². The molecule has 0 saturated carbocycles. The molecule has 5 heteroatoms. The minimum Gasteiger partial charge on any atom is -0.366 e. The summed E-state index contributed by atoms with van der Waals surface area (Å²) in [6.07, 6.45) is 1.71. The number of rotatable bonds is 3. The molecule has 1 aromatic carbocycles. The first-order valence-electron chi connectivity index (χ1n) is 6.92. The average molecular weight is 275 g/mol. The topological polar surface area (TPSA) is 84.2 Å². The first-order valence-corrected chi connectivity index (χ1v) is 6.92. The lowest BCUT2D eigenvalue weighted by Crippen LogP contribution is -2.40. The van der Waals surface area contributed by atoms with Gasteiger partial charge in [0.25, 0.3) is 0 Å². The van der Waals surface area contributed by atoms with E-state index in [1.165, 1.54) is 0 Å². The van der Waals surface area contributed by atoms with Crippen molar-refractivity contribution >= 4 is 17.5 Å². The summed E-state index contributed by atoms with van der Waals surface area (Å²) in [6, 6.07) is 5.52. The average Bonchev–Trinajstić information content (AvgIpc) is 2.38. The van der Waals surface area contributed by atoms with Gasteiger partial charge in [-0.1, -0.05) is 0 Å². The van der Waals surface area contributed by atoms with Crippen molar-refractivity contribution in [1.29, 1.82) is 0 Å². The van der Waals surface area contributed by atoms with Crippen LogP contribution in [0, 0.1) is 12.8 Å². The zero-order chi connectivity index (χ0) is 14.7. The molecule has 0 unspecified atom stereocenters. The lowest BCUT2D eigenvalue weighted by Gasteiger charge is -2.27. The number of nitrogens with two attached hydrogens (primary N) is 1. The van der Waals surface area contributed by atoms with Crippen molar-refractivity contribution in [3.63, 3.8) is 0 Å². The zero-order valence-corrected chi connectivity index (χ0v) is 11.9. The Hall–Kier alpha value is -1.88. The quantitative estimate of drug-likeness (QED) is 0.780. The smallest absolute Gasteiger partial charge is 0.248 e. The summed E-state index contributed by atoms with van der Waals surface area (Å²) in [4.78, 5) is 23.4. The molecule has 0 spiro atoms. The van der Waals surface area contributed by atoms with E-state index in [2.05, 4.69) is 17.6 Å². The summed E-state index contributed by atoms with van der Waals surface area (Å²) in [5.41, 5.74) is 7.23. The number of hydrogen-bond donors (Lipinski definition) is 3. The number of carbonyl (C=O) groups is 2. The number of piperidine rings is 1. The summed E-state index contributed by atoms with van der Waals surface area (Å²) < 4.78 is 0. The van der Waals surface area contributed by atoms with Gasteiger partial charge < -0.3 is 16.4 Å². The minimum absolute atomic E-state index is 0.0439. The highest BCUT2D eigenvalue weighted by Gasteiger charge is 2.24. The van der Waals surface area contributed by atoms with E-state index in [0.29, 0.717) is 17.3 Å². The highest BCUT2D eigenvalue weighted by atomic mass is 16.2. The maximum Gasteiger partial charge on any atom is 0.248 e. The number of hydrogen-bond acceptors (Lipinski definition) is 3. The van der Waals surface area contributed by atoms with Crippen LogP contribution >= 0.6 is 0 Å². The third-order valence-electron chi connectivity index (χ3n) is 3.75. The van der Waals surface area contributed by atoms with Gasteiger partial charge in [0, 0.05) is 23.2 Å². The Morgan fingerprint density at radius 3 is 2.75 bits per heavy atom. The molecule has 1 heterocycles. The monoisotopic (exact) mass is 275 g/mol. The summed E-state index contributed by atoms with van der Waals surface area (Å²) in [7, 11) is 0. The number of benzene rings is 1. The summed E-state index contributed by atoms with van der Waals surface area (Å²) in [5, 5.41) is 6.25. The molecule has 0 radical (unpaired) electrons. The SMILES string of the molecule is Cc1cc(NC(=O)[C@H]2CCN[C@@H](C)C2)ccc1C(N)=O. The first kappa shape index (κ1) is 14.5. The second-order valence-corrected chi connectivity index (χ2v) is 5.46. The van der Waals surface area contributed by atoms with E-state index in [1.807, 2.05) is 6.92 Å². The van der Waals surface area contributed by atoms with Gasteiger partial charge in [-0.2, -0.15) is 0 Å². The van der Waals surface area contributed by atoms with Crippen molar-refractivity contribution in [3.8, 4) is 0 Å². The van der Waals surface area contributed by atoms with Gasteiger partial charge >= 0.3 is 0 Å². The van der Waals surface area contributed by atoms with Gasteiger partial charge in [0.2, 0.25) is 11.8 Å². The largest absolute Gasteiger partial charge is 0.366 e. The molecular weight excluding hydrogens is 254 g/mol. The fourth-order valence-corrected chi connectivity index (χ4v) is 2.63. The van der Waals surface area contributed by atoms with Crippen LogP contribution in [0.1, 0.15) is 35.7 Å².